The Morgan fingerprint density at radius 1 is 1.64 bits per heavy atom. The SMILES string of the molecule is COCCC(C)NS(N)(=O)=O. The first-order chi connectivity index (χ1) is 4.95. The third-order valence-corrected chi connectivity index (χ3v) is 1.85. The van der Waals surface area contributed by atoms with E-state index in [-0.39, 0.29) is 6.04 Å². The van der Waals surface area contributed by atoms with Crippen LogP contribution >= 0.6 is 0 Å². The monoisotopic (exact) mass is 182 g/mol. The maximum Gasteiger partial charge on any atom is 0.274 e. The van der Waals surface area contributed by atoms with E-state index in [4.69, 9.17) is 9.88 Å². The Morgan fingerprint density at radius 3 is 2.55 bits per heavy atom. The van der Waals surface area contributed by atoms with E-state index in [0.29, 0.717) is 13.0 Å². The standard InChI is InChI=1S/C5H14N2O3S/c1-5(3-4-10-2)7-11(6,8)9/h5,7H,3-4H2,1-2H3,(H2,6,8,9). The molecule has 68 valence electrons. The summed E-state index contributed by atoms with van der Waals surface area (Å²) in [5.41, 5.74) is 0. The lowest BCUT2D eigenvalue weighted by atomic mass is 10.3. The summed E-state index contributed by atoms with van der Waals surface area (Å²) in [4.78, 5) is 0. The van der Waals surface area contributed by atoms with Crippen LogP contribution in [0, 0.1) is 0 Å². The summed E-state index contributed by atoms with van der Waals surface area (Å²) < 4.78 is 27.8. The van der Waals surface area contributed by atoms with Crippen molar-refractivity contribution in [1.29, 1.82) is 0 Å². The van der Waals surface area contributed by atoms with Crippen LogP contribution in [0.15, 0.2) is 0 Å². The van der Waals surface area contributed by atoms with Gasteiger partial charge in [-0.1, -0.05) is 0 Å². The van der Waals surface area contributed by atoms with Gasteiger partial charge in [-0.2, -0.15) is 13.1 Å². The van der Waals surface area contributed by atoms with Gasteiger partial charge in [0.1, 0.15) is 0 Å². The number of hydrogen-bond acceptors (Lipinski definition) is 3. The zero-order valence-electron chi connectivity index (χ0n) is 6.70. The van der Waals surface area contributed by atoms with Gasteiger partial charge >= 0.3 is 0 Å². The zero-order chi connectivity index (χ0) is 8.91. The minimum atomic E-state index is -3.56. The second-order valence-electron chi connectivity index (χ2n) is 2.35. The number of nitrogens with one attached hydrogen (secondary N) is 1. The van der Waals surface area contributed by atoms with E-state index >= 15 is 0 Å². The topological polar surface area (TPSA) is 81.4 Å². The van der Waals surface area contributed by atoms with E-state index in [2.05, 4.69) is 4.72 Å². The largest absolute Gasteiger partial charge is 0.385 e. The van der Waals surface area contributed by atoms with Crippen molar-refractivity contribution in [2.24, 2.45) is 5.14 Å². The number of ether oxygens (including phenoxy) is 1. The van der Waals surface area contributed by atoms with Crippen LogP contribution in [-0.4, -0.2) is 28.2 Å². The maximum atomic E-state index is 10.4. The van der Waals surface area contributed by atoms with Gasteiger partial charge in [0.25, 0.3) is 10.2 Å². The van der Waals surface area contributed by atoms with Crippen LogP contribution in [0.5, 0.6) is 0 Å². The molecule has 6 heteroatoms. The average molecular weight is 182 g/mol. The van der Waals surface area contributed by atoms with Crippen LogP contribution in [0.25, 0.3) is 0 Å². The van der Waals surface area contributed by atoms with E-state index in [1.165, 1.54) is 0 Å². The summed E-state index contributed by atoms with van der Waals surface area (Å²) in [5, 5.41) is 4.73. The Kier molecular flexibility index (Phi) is 4.58. The molecule has 0 aliphatic heterocycles. The van der Waals surface area contributed by atoms with Crippen LogP contribution in [0.4, 0.5) is 0 Å². The summed E-state index contributed by atoms with van der Waals surface area (Å²) in [7, 11) is -2.00. The first-order valence-electron chi connectivity index (χ1n) is 3.24. The molecule has 0 aromatic rings. The number of methoxy groups -OCH3 is 1. The van der Waals surface area contributed by atoms with Crippen LogP contribution in [0.1, 0.15) is 13.3 Å². The Balaban J connectivity index is 3.61. The van der Waals surface area contributed by atoms with Gasteiger partial charge in [0.05, 0.1) is 0 Å². The van der Waals surface area contributed by atoms with Crippen LogP contribution < -0.4 is 9.86 Å². The highest BCUT2D eigenvalue weighted by molar-refractivity contribution is 7.87. The quantitative estimate of drug-likeness (QED) is 0.584. The molecule has 3 N–H and O–H groups in total. The summed E-state index contributed by atoms with van der Waals surface area (Å²) in [5.74, 6) is 0. The lowest BCUT2D eigenvalue weighted by molar-refractivity contribution is 0.188. The molecule has 0 saturated carbocycles. The van der Waals surface area contributed by atoms with Crippen LogP contribution in [0.3, 0.4) is 0 Å². The van der Waals surface area contributed by atoms with Gasteiger partial charge in [0.2, 0.25) is 0 Å². The number of nitrogens with two attached hydrogens (primary N) is 1. The van der Waals surface area contributed by atoms with Gasteiger partial charge in [-0.3, -0.25) is 0 Å². The highest BCUT2D eigenvalue weighted by Gasteiger charge is 2.07. The molecule has 0 bridgehead atoms. The molecular weight excluding hydrogens is 168 g/mol. The first kappa shape index (κ1) is 10.8. The number of hydrogen-bond donors (Lipinski definition) is 2. The van der Waals surface area contributed by atoms with Crippen molar-refractivity contribution in [3.63, 3.8) is 0 Å². The average Bonchev–Trinajstić information content (AvgIpc) is 1.79. The molecule has 0 rings (SSSR count). The summed E-state index contributed by atoms with van der Waals surface area (Å²) in [6.45, 7) is 2.24. The van der Waals surface area contributed by atoms with Gasteiger partial charge in [0.15, 0.2) is 0 Å². The minimum absolute atomic E-state index is 0.176. The first-order valence-corrected chi connectivity index (χ1v) is 4.79. The molecule has 1 atom stereocenters. The Hall–Kier alpha value is -0.170. The van der Waals surface area contributed by atoms with Crippen molar-refractivity contribution in [2.45, 2.75) is 19.4 Å². The predicted molar refractivity (Wildman–Crippen MR) is 42.2 cm³/mol. The molecule has 0 saturated heterocycles. The van der Waals surface area contributed by atoms with Gasteiger partial charge in [-0.05, 0) is 13.3 Å². The fourth-order valence-electron chi connectivity index (χ4n) is 0.634. The van der Waals surface area contributed by atoms with Gasteiger partial charge in [-0.25, -0.2) is 5.14 Å². The Labute approximate surface area is 67.1 Å². The normalized spacial score (nSPS) is 14.8. The molecule has 0 heterocycles. The minimum Gasteiger partial charge on any atom is -0.385 e. The fourth-order valence-corrected chi connectivity index (χ4v) is 1.31. The number of rotatable bonds is 5. The molecule has 5 nitrogen and oxygen atoms in total. The molecule has 0 fully saturated rings. The second kappa shape index (κ2) is 4.66. The lowest BCUT2D eigenvalue weighted by Crippen LogP contribution is -2.38. The molecule has 0 aromatic carbocycles. The zero-order valence-corrected chi connectivity index (χ0v) is 7.52. The molecular formula is C5H14N2O3S. The molecule has 0 radical (unpaired) electrons. The van der Waals surface area contributed by atoms with E-state index in [1.54, 1.807) is 14.0 Å². The molecule has 0 aliphatic rings. The Morgan fingerprint density at radius 2 is 2.18 bits per heavy atom. The summed E-state index contributed by atoms with van der Waals surface area (Å²) >= 11 is 0. The van der Waals surface area contributed by atoms with Gasteiger partial charge in [-0.15, -0.1) is 0 Å². The third kappa shape index (κ3) is 7.73. The van der Waals surface area contributed by atoms with Crippen molar-refractivity contribution in [2.75, 3.05) is 13.7 Å². The van der Waals surface area contributed by atoms with Crippen molar-refractivity contribution in [1.82, 2.24) is 4.72 Å². The maximum absolute atomic E-state index is 10.4. The molecule has 0 spiro atoms. The summed E-state index contributed by atoms with van der Waals surface area (Å²) in [6, 6.07) is -0.176. The van der Waals surface area contributed by atoms with Crippen molar-refractivity contribution < 1.29 is 13.2 Å². The smallest absolute Gasteiger partial charge is 0.274 e. The van der Waals surface area contributed by atoms with Crippen molar-refractivity contribution in [3.8, 4) is 0 Å². The fraction of sp³-hybridized carbons (Fsp3) is 1.00. The van der Waals surface area contributed by atoms with E-state index in [1.807, 2.05) is 0 Å². The molecule has 0 aromatic heterocycles. The molecule has 0 aliphatic carbocycles. The molecule has 11 heavy (non-hydrogen) atoms. The van der Waals surface area contributed by atoms with Gasteiger partial charge in [0, 0.05) is 19.8 Å². The summed E-state index contributed by atoms with van der Waals surface area (Å²) in [6.07, 6.45) is 0.618. The van der Waals surface area contributed by atoms with Crippen molar-refractivity contribution >= 4 is 10.2 Å². The van der Waals surface area contributed by atoms with Crippen LogP contribution in [-0.2, 0) is 14.9 Å². The Bertz CT molecular complexity index is 190. The molecule has 0 amide bonds. The molecule has 1 unspecified atom stereocenters. The van der Waals surface area contributed by atoms with E-state index < -0.39 is 10.2 Å². The predicted octanol–water partition coefficient (Wildman–Crippen LogP) is -0.795. The third-order valence-electron chi connectivity index (χ3n) is 1.12. The van der Waals surface area contributed by atoms with Crippen molar-refractivity contribution in [3.05, 3.63) is 0 Å². The lowest BCUT2D eigenvalue weighted by Gasteiger charge is -2.09. The van der Waals surface area contributed by atoms with E-state index in [9.17, 15) is 8.42 Å². The van der Waals surface area contributed by atoms with Gasteiger partial charge < -0.3 is 4.74 Å². The second-order valence-corrected chi connectivity index (χ2v) is 3.67. The highest BCUT2D eigenvalue weighted by Crippen LogP contribution is 1.90. The van der Waals surface area contributed by atoms with E-state index in [0.717, 1.165) is 0 Å². The van der Waals surface area contributed by atoms with Crippen LogP contribution in [0.2, 0.25) is 0 Å². The highest BCUT2D eigenvalue weighted by atomic mass is 32.2.